The van der Waals surface area contributed by atoms with Gasteiger partial charge in [0.25, 0.3) is 0 Å². The van der Waals surface area contributed by atoms with E-state index in [9.17, 15) is 0 Å². The molecule has 0 atom stereocenters. The standard InChI is InChI=1S/C20H15ClN6/c21-13-9-11-14(12-10-13)23-20-25-27-19(15-5-1-3-7-17(15)24-27)26(20)18-8-4-2-6-16(18)22/h1-12H,22H2,(H,23,25). The van der Waals surface area contributed by atoms with E-state index >= 15 is 0 Å². The topological polar surface area (TPSA) is 73.2 Å². The highest BCUT2D eigenvalue weighted by atomic mass is 35.5. The van der Waals surface area contributed by atoms with Crippen LogP contribution >= 0.6 is 11.6 Å². The van der Waals surface area contributed by atoms with Crippen LogP contribution in [0.2, 0.25) is 5.02 Å². The Morgan fingerprint density at radius 1 is 0.852 bits per heavy atom. The summed E-state index contributed by atoms with van der Waals surface area (Å²) in [5.74, 6) is 0.614. The monoisotopic (exact) mass is 374 g/mol. The maximum absolute atomic E-state index is 6.27. The largest absolute Gasteiger partial charge is 0.397 e. The molecule has 0 saturated carbocycles. The van der Waals surface area contributed by atoms with Gasteiger partial charge in [0.15, 0.2) is 5.65 Å². The van der Waals surface area contributed by atoms with Crippen molar-refractivity contribution in [1.82, 2.24) is 19.4 Å². The molecule has 6 nitrogen and oxygen atoms in total. The lowest BCUT2D eigenvalue weighted by atomic mass is 10.2. The molecule has 3 N–H and O–H groups in total. The van der Waals surface area contributed by atoms with Crippen molar-refractivity contribution < 1.29 is 0 Å². The molecule has 0 radical (unpaired) electrons. The van der Waals surface area contributed by atoms with Crippen molar-refractivity contribution in [3.05, 3.63) is 77.8 Å². The third kappa shape index (κ3) is 2.58. The molecule has 0 saturated heterocycles. The van der Waals surface area contributed by atoms with Crippen LogP contribution in [0, 0.1) is 0 Å². The summed E-state index contributed by atoms with van der Waals surface area (Å²) in [6, 6.07) is 23.1. The van der Waals surface area contributed by atoms with Crippen molar-refractivity contribution in [2.24, 2.45) is 0 Å². The number of rotatable bonds is 3. The fourth-order valence-electron chi connectivity index (χ4n) is 3.18. The molecule has 0 amide bonds. The second-order valence-corrected chi connectivity index (χ2v) is 6.62. The maximum atomic E-state index is 6.27. The van der Waals surface area contributed by atoms with E-state index in [1.807, 2.05) is 77.4 Å². The smallest absolute Gasteiger partial charge is 0.234 e. The molecule has 2 heterocycles. The number of hydrogen-bond acceptors (Lipinski definition) is 4. The summed E-state index contributed by atoms with van der Waals surface area (Å²) >= 11 is 6.00. The van der Waals surface area contributed by atoms with Crippen LogP contribution < -0.4 is 11.1 Å². The molecule has 5 aromatic rings. The van der Waals surface area contributed by atoms with E-state index in [1.54, 1.807) is 4.63 Å². The third-order valence-electron chi connectivity index (χ3n) is 4.43. The first-order chi connectivity index (χ1) is 13.2. The van der Waals surface area contributed by atoms with E-state index in [1.165, 1.54) is 0 Å². The lowest BCUT2D eigenvalue weighted by Crippen LogP contribution is -2.04. The number of benzene rings is 3. The second kappa shape index (κ2) is 6.03. The van der Waals surface area contributed by atoms with Gasteiger partial charge in [-0.05, 0) is 48.5 Å². The normalized spacial score (nSPS) is 11.3. The fraction of sp³-hybridized carbons (Fsp3) is 0. The highest BCUT2D eigenvalue weighted by Crippen LogP contribution is 2.30. The predicted molar refractivity (Wildman–Crippen MR) is 109 cm³/mol. The number of nitrogens with zero attached hydrogens (tertiary/aromatic N) is 4. The molecular formula is C20H15ClN6. The van der Waals surface area contributed by atoms with Crippen molar-refractivity contribution in [2.45, 2.75) is 0 Å². The van der Waals surface area contributed by atoms with Crippen LogP contribution in [-0.2, 0) is 0 Å². The highest BCUT2D eigenvalue weighted by Gasteiger charge is 2.19. The zero-order chi connectivity index (χ0) is 18.4. The summed E-state index contributed by atoms with van der Waals surface area (Å²) in [7, 11) is 0. The number of para-hydroxylation sites is 2. The van der Waals surface area contributed by atoms with E-state index in [2.05, 4.69) is 15.5 Å². The lowest BCUT2D eigenvalue weighted by Gasteiger charge is -2.12. The number of nitrogens with two attached hydrogens (primary N) is 1. The molecule has 7 heteroatoms. The maximum Gasteiger partial charge on any atom is 0.234 e. The predicted octanol–water partition coefficient (Wildman–Crippen LogP) is 4.65. The summed E-state index contributed by atoms with van der Waals surface area (Å²) in [6.07, 6.45) is 0. The molecule has 0 aliphatic heterocycles. The van der Waals surface area contributed by atoms with Crippen LogP contribution in [0.5, 0.6) is 0 Å². The van der Waals surface area contributed by atoms with Crippen molar-refractivity contribution in [2.75, 3.05) is 11.1 Å². The van der Waals surface area contributed by atoms with Crippen LogP contribution in [0.3, 0.4) is 0 Å². The molecule has 2 aromatic heterocycles. The average Bonchev–Trinajstić information content (AvgIpc) is 3.20. The molecule has 5 rings (SSSR count). The number of nitrogen functional groups attached to an aromatic ring is 1. The van der Waals surface area contributed by atoms with Gasteiger partial charge in [-0.1, -0.05) is 35.9 Å². The van der Waals surface area contributed by atoms with Crippen LogP contribution in [-0.4, -0.2) is 19.4 Å². The molecule has 3 aromatic carbocycles. The first kappa shape index (κ1) is 15.7. The molecule has 0 fully saturated rings. The van der Waals surface area contributed by atoms with Crippen LogP contribution in [0.1, 0.15) is 0 Å². The first-order valence-corrected chi connectivity index (χ1v) is 8.82. The number of aromatic nitrogens is 4. The average molecular weight is 375 g/mol. The highest BCUT2D eigenvalue weighted by molar-refractivity contribution is 6.30. The Kier molecular flexibility index (Phi) is 3.51. The van der Waals surface area contributed by atoms with Crippen LogP contribution in [0.15, 0.2) is 72.8 Å². The number of halogens is 1. The minimum atomic E-state index is 0.614. The van der Waals surface area contributed by atoms with Gasteiger partial charge < -0.3 is 11.1 Å². The van der Waals surface area contributed by atoms with E-state index in [-0.39, 0.29) is 0 Å². The molecule has 0 spiro atoms. The van der Waals surface area contributed by atoms with Gasteiger partial charge in [-0.15, -0.1) is 14.8 Å². The second-order valence-electron chi connectivity index (χ2n) is 6.18. The minimum absolute atomic E-state index is 0.614. The molecular weight excluding hydrogens is 360 g/mol. The van der Waals surface area contributed by atoms with E-state index in [0.29, 0.717) is 16.7 Å². The van der Waals surface area contributed by atoms with E-state index in [4.69, 9.17) is 17.3 Å². The van der Waals surface area contributed by atoms with Crippen molar-refractivity contribution in [3.63, 3.8) is 0 Å². The quantitative estimate of drug-likeness (QED) is 0.451. The molecule has 0 unspecified atom stereocenters. The number of anilines is 3. The number of nitrogens with one attached hydrogen (secondary N) is 1. The van der Waals surface area contributed by atoms with E-state index < -0.39 is 0 Å². The molecule has 0 aliphatic rings. The van der Waals surface area contributed by atoms with Crippen molar-refractivity contribution in [3.8, 4) is 5.69 Å². The fourth-order valence-corrected chi connectivity index (χ4v) is 3.31. The first-order valence-electron chi connectivity index (χ1n) is 8.45. The zero-order valence-corrected chi connectivity index (χ0v) is 14.9. The summed E-state index contributed by atoms with van der Waals surface area (Å²) < 4.78 is 3.62. The number of fused-ring (bicyclic) bond motifs is 3. The Morgan fingerprint density at radius 3 is 2.41 bits per heavy atom. The molecule has 132 valence electrons. The number of hydrogen-bond donors (Lipinski definition) is 2. The molecule has 27 heavy (non-hydrogen) atoms. The summed E-state index contributed by atoms with van der Waals surface area (Å²) in [5.41, 5.74) is 10.4. The van der Waals surface area contributed by atoms with Gasteiger partial charge in [-0.3, -0.25) is 4.57 Å². The Labute approximate surface area is 159 Å². The summed E-state index contributed by atoms with van der Waals surface area (Å²) in [4.78, 5) is 0. The van der Waals surface area contributed by atoms with Gasteiger partial charge in [-0.2, -0.15) is 0 Å². The summed E-state index contributed by atoms with van der Waals surface area (Å²) in [6.45, 7) is 0. The van der Waals surface area contributed by atoms with Gasteiger partial charge in [-0.25, -0.2) is 0 Å². The van der Waals surface area contributed by atoms with Gasteiger partial charge in [0.2, 0.25) is 5.95 Å². The van der Waals surface area contributed by atoms with Crippen LogP contribution in [0.25, 0.3) is 22.2 Å². The van der Waals surface area contributed by atoms with Gasteiger partial charge in [0, 0.05) is 16.1 Å². The molecule has 0 aliphatic carbocycles. The Morgan fingerprint density at radius 2 is 1.59 bits per heavy atom. The lowest BCUT2D eigenvalue weighted by molar-refractivity contribution is 0.838. The third-order valence-corrected chi connectivity index (χ3v) is 4.68. The van der Waals surface area contributed by atoms with Gasteiger partial charge in [0.05, 0.1) is 16.9 Å². The minimum Gasteiger partial charge on any atom is -0.397 e. The van der Waals surface area contributed by atoms with Crippen molar-refractivity contribution >= 4 is 45.5 Å². The van der Waals surface area contributed by atoms with Crippen LogP contribution in [0.4, 0.5) is 17.3 Å². The summed E-state index contributed by atoms with van der Waals surface area (Å²) in [5, 5.41) is 14.3. The van der Waals surface area contributed by atoms with E-state index in [0.717, 1.165) is 27.9 Å². The van der Waals surface area contributed by atoms with Crippen molar-refractivity contribution in [1.29, 1.82) is 0 Å². The zero-order valence-electron chi connectivity index (χ0n) is 14.2. The van der Waals surface area contributed by atoms with Gasteiger partial charge >= 0.3 is 0 Å². The SMILES string of the molecule is Nc1ccccc1-n1c(Nc2ccc(Cl)cc2)nn2nc3ccccc3c12. The Bertz CT molecular complexity index is 1270. The van der Waals surface area contributed by atoms with Gasteiger partial charge in [0.1, 0.15) is 0 Å². The Balaban J connectivity index is 1.78. The molecule has 0 bridgehead atoms. The Hall–Kier alpha value is -3.51.